The molecule has 5 heteroatoms. The van der Waals surface area contributed by atoms with Gasteiger partial charge in [0.2, 0.25) is 11.8 Å². The van der Waals surface area contributed by atoms with Crippen molar-refractivity contribution < 1.29 is 14.4 Å². The monoisotopic (exact) mass is 358 g/mol. The Balaban J connectivity index is 1.41. The van der Waals surface area contributed by atoms with E-state index in [0.717, 1.165) is 6.42 Å². The third kappa shape index (κ3) is 2.42. The fraction of sp³-hybridized carbons (Fsp3) is 0.227. The Morgan fingerprint density at radius 3 is 2.22 bits per heavy atom. The fourth-order valence-electron chi connectivity index (χ4n) is 4.67. The van der Waals surface area contributed by atoms with Crippen molar-refractivity contribution in [2.75, 3.05) is 10.2 Å². The van der Waals surface area contributed by atoms with E-state index in [0.29, 0.717) is 16.9 Å². The summed E-state index contributed by atoms with van der Waals surface area (Å²) in [5, 5.41) is 2.83. The second kappa shape index (κ2) is 5.91. The Labute approximate surface area is 156 Å². The smallest absolute Gasteiger partial charge is 0.255 e. The molecule has 2 fully saturated rings. The minimum Gasteiger partial charge on any atom is -0.322 e. The Hall–Kier alpha value is -3.21. The van der Waals surface area contributed by atoms with E-state index in [1.54, 1.807) is 48.5 Å². The molecule has 2 aromatic carbocycles. The number of nitrogens with one attached hydrogen (secondary N) is 1. The fourth-order valence-corrected chi connectivity index (χ4v) is 4.67. The summed E-state index contributed by atoms with van der Waals surface area (Å²) in [6.07, 6.45) is 5.07. The molecule has 0 spiro atoms. The lowest BCUT2D eigenvalue weighted by Gasteiger charge is -2.18. The van der Waals surface area contributed by atoms with Crippen LogP contribution in [0.4, 0.5) is 11.4 Å². The van der Waals surface area contributed by atoms with Crippen molar-refractivity contribution in [3.8, 4) is 0 Å². The van der Waals surface area contributed by atoms with Gasteiger partial charge >= 0.3 is 0 Å². The molecule has 1 heterocycles. The number of carbonyl (C=O) groups excluding carboxylic acids is 3. The molecule has 2 bridgehead atoms. The summed E-state index contributed by atoms with van der Waals surface area (Å²) in [6.45, 7) is 0. The van der Waals surface area contributed by atoms with Crippen LogP contribution in [0.25, 0.3) is 0 Å². The van der Waals surface area contributed by atoms with E-state index in [4.69, 9.17) is 0 Å². The maximum absolute atomic E-state index is 12.9. The van der Waals surface area contributed by atoms with Crippen molar-refractivity contribution in [1.82, 2.24) is 0 Å². The third-order valence-electron chi connectivity index (χ3n) is 5.87. The molecule has 1 saturated heterocycles. The van der Waals surface area contributed by atoms with Crippen molar-refractivity contribution in [3.63, 3.8) is 0 Å². The summed E-state index contributed by atoms with van der Waals surface area (Å²) in [7, 11) is 0. The highest BCUT2D eigenvalue weighted by molar-refractivity contribution is 6.23. The summed E-state index contributed by atoms with van der Waals surface area (Å²) in [6, 6.07) is 15.8. The van der Waals surface area contributed by atoms with E-state index >= 15 is 0 Å². The number of hydrogen-bond donors (Lipinski definition) is 1. The van der Waals surface area contributed by atoms with Crippen LogP contribution in [0.3, 0.4) is 0 Å². The van der Waals surface area contributed by atoms with Crippen molar-refractivity contribution in [1.29, 1.82) is 0 Å². The van der Waals surface area contributed by atoms with E-state index < -0.39 is 0 Å². The van der Waals surface area contributed by atoms with Gasteiger partial charge in [0.25, 0.3) is 5.91 Å². The first-order valence-electron chi connectivity index (χ1n) is 9.16. The number of nitrogens with zero attached hydrogens (tertiary/aromatic N) is 1. The molecular formula is C22H18N2O3. The number of hydrogen-bond acceptors (Lipinski definition) is 3. The lowest BCUT2D eigenvalue weighted by atomic mass is 9.85. The summed E-state index contributed by atoms with van der Waals surface area (Å²) < 4.78 is 0. The average Bonchev–Trinajstić information content (AvgIpc) is 3.36. The van der Waals surface area contributed by atoms with Crippen LogP contribution in [0, 0.1) is 23.7 Å². The van der Waals surface area contributed by atoms with E-state index in [1.807, 2.05) is 6.07 Å². The zero-order valence-electron chi connectivity index (χ0n) is 14.5. The number of fused-ring (bicyclic) bond motifs is 5. The van der Waals surface area contributed by atoms with Gasteiger partial charge in [0, 0.05) is 11.3 Å². The molecule has 27 heavy (non-hydrogen) atoms. The molecule has 2 aromatic rings. The highest BCUT2D eigenvalue weighted by Crippen LogP contribution is 2.53. The second-order valence-electron chi connectivity index (χ2n) is 7.38. The van der Waals surface area contributed by atoms with Crippen LogP contribution >= 0.6 is 0 Å². The zero-order chi connectivity index (χ0) is 18.5. The normalized spacial score (nSPS) is 27.9. The first-order valence-corrected chi connectivity index (χ1v) is 9.16. The topological polar surface area (TPSA) is 66.5 Å². The van der Waals surface area contributed by atoms with Crippen molar-refractivity contribution in [3.05, 3.63) is 72.3 Å². The highest BCUT2D eigenvalue weighted by atomic mass is 16.2. The van der Waals surface area contributed by atoms with Crippen LogP contribution in [-0.2, 0) is 9.59 Å². The minimum absolute atomic E-state index is 0.117. The van der Waals surface area contributed by atoms with Gasteiger partial charge in [-0.25, -0.2) is 4.90 Å². The van der Waals surface area contributed by atoms with Gasteiger partial charge in [0.1, 0.15) is 0 Å². The zero-order valence-corrected chi connectivity index (χ0v) is 14.5. The van der Waals surface area contributed by atoms with Gasteiger partial charge in [-0.2, -0.15) is 0 Å². The molecule has 0 unspecified atom stereocenters. The molecule has 1 saturated carbocycles. The number of rotatable bonds is 3. The predicted molar refractivity (Wildman–Crippen MR) is 101 cm³/mol. The molecule has 134 valence electrons. The van der Waals surface area contributed by atoms with Crippen LogP contribution in [0.15, 0.2) is 66.7 Å². The molecule has 1 aliphatic heterocycles. The van der Waals surface area contributed by atoms with Gasteiger partial charge in [-0.05, 0) is 48.6 Å². The van der Waals surface area contributed by atoms with Crippen LogP contribution < -0.4 is 10.2 Å². The van der Waals surface area contributed by atoms with E-state index in [2.05, 4.69) is 17.5 Å². The largest absolute Gasteiger partial charge is 0.322 e. The summed E-state index contributed by atoms with van der Waals surface area (Å²) in [4.78, 5) is 39.5. The minimum atomic E-state index is -0.231. The lowest BCUT2D eigenvalue weighted by molar-refractivity contribution is -0.123. The maximum Gasteiger partial charge on any atom is 0.255 e. The van der Waals surface area contributed by atoms with Gasteiger partial charge in [0.05, 0.1) is 17.5 Å². The van der Waals surface area contributed by atoms with Gasteiger partial charge in [-0.1, -0.05) is 36.4 Å². The molecule has 0 aromatic heterocycles. The second-order valence-corrected chi connectivity index (χ2v) is 7.38. The molecule has 1 N–H and O–H groups in total. The van der Waals surface area contributed by atoms with Crippen LogP contribution in [0.5, 0.6) is 0 Å². The molecule has 5 rings (SSSR count). The first kappa shape index (κ1) is 16.0. The Morgan fingerprint density at radius 1 is 0.889 bits per heavy atom. The predicted octanol–water partition coefficient (Wildman–Crippen LogP) is 3.25. The number of allylic oxidation sites excluding steroid dienone is 2. The summed E-state index contributed by atoms with van der Waals surface area (Å²) >= 11 is 0. The molecule has 4 atom stereocenters. The average molecular weight is 358 g/mol. The van der Waals surface area contributed by atoms with E-state index in [-0.39, 0.29) is 41.4 Å². The number of imide groups is 1. The Morgan fingerprint density at radius 2 is 1.56 bits per heavy atom. The highest BCUT2D eigenvalue weighted by Gasteiger charge is 2.59. The number of anilines is 2. The summed E-state index contributed by atoms with van der Waals surface area (Å²) in [5.41, 5.74) is 1.62. The quantitative estimate of drug-likeness (QED) is 0.677. The van der Waals surface area contributed by atoms with Gasteiger partial charge in [-0.3, -0.25) is 14.4 Å². The Bertz CT molecular complexity index is 952. The first-order chi connectivity index (χ1) is 13.1. The molecule has 3 amide bonds. The van der Waals surface area contributed by atoms with Crippen molar-refractivity contribution in [2.45, 2.75) is 6.42 Å². The molecule has 3 aliphatic rings. The third-order valence-corrected chi connectivity index (χ3v) is 5.87. The van der Waals surface area contributed by atoms with E-state index in [9.17, 15) is 14.4 Å². The Kier molecular flexibility index (Phi) is 3.50. The number of amides is 3. The summed E-state index contributed by atoms with van der Waals surface area (Å²) in [5.74, 6) is -0.553. The van der Waals surface area contributed by atoms with Crippen molar-refractivity contribution in [2.24, 2.45) is 23.7 Å². The van der Waals surface area contributed by atoms with Gasteiger partial charge in [0.15, 0.2) is 0 Å². The van der Waals surface area contributed by atoms with Gasteiger partial charge < -0.3 is 5.32 Å². The van der Waals surface area contributed by atoms with Gasteiger partial charge in [-0.15, -0.1) is 0 Å². The number of carbonyl (C=O) groups is 3. The molecule has 0 radical (unpaired) electrons. The van der Waals surface area contributed by atoms with E-state index in [1.165, 1.54) is 4.90 Å². The molecule has 5 nitrogen and oxygen atoms in total. The molecule has 2 aliphatic carbocycles. The standard InChI is InChI=1S/C22H18N2O3/c25-20(13-5-2-1-3-6-13)23-16-7-4-8-17(12-16)24-21(26)18-14-9-10-15(11-14)19(18)22(24)27/h1-10,12,14-15,18-19H,11H2,(H,23,25)/t14-,15-,18-,19+/m0/s1. The van der Waals surface area contributed by atoms with Crippen LogP contribution in [-0.4, -0.2) is 17.7 Å². The lowest BCUT2D eigenvalue weighted by Crippen LogP contribution is -2.32. The van der Waals surface area contributed by atoms with Crippen molar-refractivity contribution >= 4 is 29.1 Å². The van der Waals surface area contributed by atoms with Crippen LogP contribution in [0.2, 0.25) is 0 Å². The maximum atomic E-state index is 12.9. The number of benzene rings is 2. The molecular weight excluding hydrogens is 340 g/mol. The SMILES string of the molecule is O=C(Nc1cccc(N2C(=O)[C@@H]3[C@H](C2=O)[C@H]2C=C[C@H]3C2)c1)c1ccccc1. The van der Waals surface area contributed by atoms with Crippen LogP contribution in [0.1, 0.15) is 16.8 Å².